The third-order valence-corrected chi connectivity index (χ3v) is 3.29. The molecule has 90 valence electrons. The van der Waals surface area contributed by atoms with Crippen LogP contribution in [0.5, 0.6) is 0 Å². The van der Waals surface area contributed by atoms with Crippen molar-refractivity contribution in [3.63, 3.8) is 0 Å². The quantitative estimate of drug-likeness (QED) is 0.851. The molecule has 1 aromatic carbocycles. The molecule has 0 saturated carbocycles. The second kappa shape index (κ2) is 4.42. The Kier molecular flexibility index (Phi) is 2.76. The Labute approximate surface area is 112 Å². The average Bonchev–Trinajstić information content (AvgIpc) is 2.39. The summed E-state index contributed by atoms with van der Waals surface area (Å²) in [6, 6.07) is 7.84. The summed E-state index contributed by atoms with van der Waals surface area (Å²) in [5.41, 5.74) is 2.97. The molecule has 0 fully saturated rings. The van der Waals surface area contributed by atoms with Crippen molar-refractivity contribution < 1.29 is 0 Å². The predicted molar refractivity (Wildman–Crippen MR) is 75.5 cm³/mol. The predicted octanol–water partition coefficient (Wildman–Crippen LogP) is 2.64. The zero-order valence-corrected chi connectivity index (χ0v) is 11.0. The van der Waals surface area contributed by atoms with Crippen molar-refractivity contribution in [3.8, 4) is 11.3 Å². The first-order valence-electron chi connectivity index (χ1n) is 5.55. The fourth-order valence-electron chi connectivity index (χ4n) is 1.99. The molecule has 1 aliphatic rings. The van der Waals surface area contributed by atoms with E-state index in [4.69, 9.17) is 0 Å². The Morgan fingerprint density at radius 1 is 1.33 bits per heavy atom. The molecule has 2 heterocycles. The summed E-state index contributed by atoms with van der Waals surface area (Å²) in [4.78, 5) is 11.7. The molecular weight excluding hydrogens is 294 g/mol. The van der Waals surface area contributed by atoms with Crippen LogP contribution in [-0.4, -0.2) is 16.7 Å². The molecule has 2 aromatic rings. The van der Waals surface area contributed by atoms with Crippen LogP contribution < -0.4 is 10.9 Å². The molecule has 0 atom stereocenters. The lowest BCUT2D eigenvalue weighted by molar-refractivity contribution is 0.986. The Morgan fingerprint density at radius 3 is 3.06 bits per heavy atom. The summed E-state index contributed by atoms with van der Waals surface area (Å²) in [5, 5.41) is 9.76. The highest BCUT2D eigenvalue weighted by Crippen LogP contribution is 2.28. The van der Waals surface area contributed by atoms with Crippen molar-refractivity contribution in [1.29, 1.82) is 0 Å². The highest BCUT2D eigenvalue weighted by molar-refractivity contribution is 9.10. The van der Waals surface area contributed by atoms with E-state index in [1.165, 1.54) is 0 Å². The van der Waals surface area contributed by atoms with E-state index in [1.807, 2.05) is 36.4 Å². The Hall–Kier alpha value is -1.88. The fraction of sp³-hybridized carbons (Fsp3) is 0.0769. The molecule has 0 aliphatic carbocycles. The highest BCUT2D eigenvalue weighted by Gasteiger charge is 2.15. The second-order valence-electron chi connectivity index (χ2n) is 3.98. The molecule has 1 aliphatic heterocycles. The maximum Gasteiger partial charge on any atom is 0.288 e. The normalized spacial score (nSPS) is 12.9. The molecule has 4 nitrogen and oxygen atoms in total. The summed E-state index contributed by atoms with van der Waals surface area (Å²) in [6.07, 6.45) is 3.91. The van der Waals surface area contributed by atoms with Crippen LogP contribution in [0.25, 0.3) is 17.3 Å². The lowest BCUT2D eigenvalue weighted by Gasteiger charge is -2.14. The van der Waals surface area contributed by atoms with E-state index in [1.54, 1.807) is 0 Å². The van der Waals surface area contributed by atoms with Crippen molar-refractivity contribution in [2.24, 2.45) is 0 Å². The van der Waals surface area contributed by atoms with E-state index < -0.39 is 0 Å². The zero-order valence-electron chi connectivity index (χ0n) is 9.40. The number of hydrogen-bond acceptors (Lipinski definition) is 3. The SMILES string of the molecule is O=c1[nH]nc(-c2cccc(Br)c2)c2c1NCC=C2. The molecule has 1 aromatic heterocycles. The van der Waals surface area contributed by atoms with Crippen LogP contribution in [0.1, 0.15) is 5.56 Å². The van der Waals surface area contributed by atoms with Gasteiger partial charge in [0, 0.05) is 22.1 Å². The van der Waals surface area contributed by atoms with Gasteiger partial charge in [-0.05, 0) is 12.1 Å². The van der Waals surface area contributed by atoms with Crippen molar-refractivity contribution in [2.75, 3.05) is 11.9 Å². The molecule has 0 bridgehead atoms. The number of hydrogen-bond donors (Lipinski definition) is 2. The molecule has 0 saturated heterocycles. The zero-order chi connectivity index (χ0) is 12.5. The van der Waals surface area contributed by atoms with Gasteiger partial charge in [0.1, 0.15) is 11.4 Å². The van der Waals surface area contributed by atoms with Gasteiger partial charge in [-0.1, -0.05) is 40.2 Å². The number of H-pyrrole nitrogens is 1. The van der Waals surface area contributed by atoms with E-state index in [9.17, 15) is 4.79 Å². The average molecular weight is 304 g/mol. The number of fused-ring (bicyclic) bond motifs is 1. The van der Waals surface area contributed by atoms with Gasteiger partial charge >= 0.3 is 0 Å². The summed E-state index contributed by atoms with van der Waals surface area (Å²) < 4.78 is 0.981. The van der Waals surface area contributed by atoms with Gasteiger partial charge in [-0.15, -0.1) is 0 Å². The summed E-state index contributed by atoms with van der Waals surface area (Å²) >= 11 is 3.44. The van der Waals surface area contributed by atoms with Crippen molar-refractivity contribution in [1.82, 2.24) is 10.2 Å². The fourth-order valence-corrected chi connectivity index (χ4v) is 2.39. The van der Waals surface area contributed by atoms with Crippen LogP contribution in [0.3, 0.4) is 0 Å². The molecular formula is C13H10BrN3O. The number of aromatic amines is 1. The van der Waals surface area contributed by atoms with Crippen LogP contribution in [0.2, 0.25) is 0 Å². The molecule has 3 rings (SSSR count). The molecule has 0 spiro atoms. The third-order valence-electron chi connectivity index (χ3n) is 2.80. The first-order chi connectivity index (χ1) is 8.75. The van der Waals surface area contributed by atoms with Crippen molar-refractivity contribution in [3.05, 3.63) is 50.7 Å². The minimum atomic E-state index is -0.187. The van der Waals surface area contributed by atoms with Gasteiger partial charge in [-0.3, -0.25) is 4.79 Å². The molecule has 0 amide bonds. The lowest BCUT2D eigenvalue weighted by atomic mass is 10.0. The Balaban J connectivity index is 2.26. The van der Waals surface area contributed by atoms with Gasteiger partial charge in [0.2, 0.25) is 0 Å². The van der Waals surface area contributed by atoms with Crippen LogP contribution in [0, 0.1) is 0 Å². The van der Waals surface area contributed by atoms with E-state index in [0.717, 1.165) is 21.3 Å². The van der Waals surface area contributed by atoms with Gasteiger partial charge < -0.3 is 5.32 Å². The standard InChI is InChI=1S/C13H10BrN3O/c14-9-4-1-3-8(7-9)11-10-5-2-6-15-12(10)13(18)17-16-11/h1-5,7,15H,6H2,(H,17,18). The number of rotatable bonds is 1. The number of halogens is 1. The number of anilines is 1. The molecule has 0 radical (unpaired) electrons. The van der Waals surface area contributed by atoms with Gasteiger partial charge in [-0.2, -0.15) is 5.10 Å². The van der Waals surface area contributed by atoms with Crippen molar-refractivity contribution >= 4 is 27.7 Å². The first-order valence-corrected chi connectivity index (χ1v) is 6.34. The number of nitrogens with zero attached hydrogens (tertiary/aromatic N) is 1. The summed E-state index contributed by atoms with van der Waals surface area (Å²) in [5.74, 6) is 0. The van der Waals surface area contributed by atoms with Crippen LogP contribution in [-0.2, 0) is 0 Å². The minimum absolute atomic E-state index is 0.187. The van der Waals surface area contributed by atoms with E-state index in [0.29, 0.717) is 12.2 Å². The van der Waals surface area contributed by atoms with Crippen molar-refractivity contribution in [2.45, 2.75) is 0 Å². The largest absolute Gasteiger partial charge is 0.377 e. The maximum absolute atomic E-state index is 11.7. The van der Waals surface area contributed by atoms with E-state index in [-0.39, 0.29) is 5.56 Å². The smallest absolute Gasteiger partial charge is 0.288 e. The number of benzene rings is 1. The number of nitrogens with one attached hydrogen (secondary N) is 2. The van der Waals surface area contributed by atoms with Crippen LogP contribution in [0.15, 0.2) is 39.6 Å². The first kappa shape index (κ1) is 11.2. The Morgan fingerprint density at radius 2 is 2.22 bits per heavy atom. The highest BCUT2D eigenvalue weighted by atomic mass is 79.9. The third kappa shape index (κ3) is 1.86. The van der Waals surface area contributed by atoms with E-state index >= 15 is 0 Å². The summed E-state index contributed by atoms with van der Waals surface area (Å²) in [6.45, 7) is 0.665. The second-order valence-corrected chi connectivity index (χ2v) is 4.90. The molecule has 18 heavy (non-hydrogen) atoms. The minimum Gasteiger partial charge on any atom is -0.377 e. The van der Waals surface area contributed by atoms with Gasteiger partial charge in [-0.25, -0.2) is 5.10 Å². The van der Waals surface area contributed by atoms with Crippen LogP contribution >= 0.6 is 15.9 Å². The monoisotopic (exact) mass is 303 g/mol. The topological polar surface area (TPSA) is 57.8 Å². The van der Waals surface area contributed by atoms with Crippen LogP contribution in [0.4, 0.5) is 5.69 Å². The summed E-state index contributed by atoms with van der Waals surface area (Å²) in [7, 11) is 0. The number of aromatic nitrogens is 2. The van der Waals surface area contributed by atoms with Gasteiger partial charge in [0.15, 0.2) is 0 Å². The lowest BCUT2D eigenvalue weighted by Crippen LogP contribution is -2.20. The Bertz CT molecular complexity index is 691. The van der Waals surface area contributed by atoms with Gasteiger partial charge in [0.05, 0.1) is 0 Å². The molecule has 5 heteroatoms. The molecule has 2 N–H and O–H groups in total. The molecule has 0 unspecified atom stereocenters. The van der Waals surface area contributed by atoms with Gasteiger partial charge in [0.25, 0.3) is 5.56 Å². The maximum atomic E-state index is 11.7. The van der Waals surface area contributed by atoms with E-state index in [2.05, 4.69) is 31.4 Å².